The van der Waals surface area contributed by atoms with Crippen LogP contribution in [0.5, 0.6) is 0 Å². The number of nitrogens with one attached hydrogen (secondary N) is 1. The monoisotopic (exact) mass is 305 g/mol. The van der Waals surface area contributed by atoms with Gasteiger partial charge in [-0.15, -0.1) is 0 Å². The Labute approximate surface area is 130 Å². The van der Waals surface area contributed by atoms with Crippen LogP contribution in [0.1, 0.15) is 30.5 Å². The van der Waals surface area contributed by atoms with E-state index in [0.717, 1.165) is 24.1 Å². The number of hydrogen-bond donors (Lipinski definition) is 2. The lowest BCUT2D eigenvalue weighted by molar-refractivity contribution is -0.142. The number of aryl methyl sites for hydroxylation is 1. The summed E-state index contributed by atoms with van der Waals surface area (Å²) in [5, 5.41) is 12.5. The van der Waals surface area contributed by atoms with Crippen molar-refractivity contribution in [1.29, 1.82) is 0 Å². The Hall–Kier alpha value is -1.95. The molecule has 120 valence electrons. The molecule has 0 radical (unpaired) electrons. The summed E-state index contributed by atoms with van der Waals surface area (Å²) in [5.74, 6) is -0.538. The molecule has 0 aromatic carbocycles. The molecule has 2 heterocycles. The van der Waals surface area contributed by atoms with Crippen molar-refractivity contribution in [2.24, 2.45) is 0 Å². The maximum Gasteiger partial charge on any atom is 0.251 e. The smallest absolute Gasteiger partial charge is 0.251 e. The van der Waals surface area contributed by atoms with E-state index < -0.39 is 6.10 Å². The maximum atomic E-state index is 11.9. The molecule has 1 aromatic rings. The molecule has 2 amide bonds. The van der Waals surface area contributed by atoms with Crippen LogP contribution in [0.3, 0.4) is 0 Å². The van der Waals surface area contributed by atoms with E-state index in [-0.39, 0.29) is 18.4 Å². The van der Waals surface area contributed by atoms with Crippen LogP contribution in [-0.2, 0) is 16.0 Å². The number of nitrogens with zero attached hydrogens (tertiary/aromatic N) is 2. The van der Waals surface area contributed by atoms with E-state index in [1.54, 1.807) is 6.20 Å². The van der Waals surface area contributed by atoms with Crippen LogP contribution >= 0.6 is 0 Å². The molecule has 0 aliphatic carbocycles. The predicted molar refractivity (Wildman–Crippen MR) is 82.1 cm³/mol. The number of carbonyl (C=O) groups excluding carboxylic acids is 2. The predicted octanol–water partition coefficient (Wildman–Crippen LogP) is 0.422. The Morgan fingerprint density at radius 3 is 3.09 bits per heavy atom. The fourth-order valence-corrected chi connectivity index (χ4v) is 2.57. The number of likely N-dealkylation sites (tertiary alicyclic amines) is 1. The van der Waals surface area contributed by atoms with Gasteiger partial charge in [-0.2, -0.15) is 0 Å². The fourth-order valence-electron chi connectivity index (χ4n) is 2.57. The summed E-state index contributed by atoms with van der Waals surface area (Å²) in [6.45, 7) is 3.02. The van der Waals surface area contributed by atoms with Crippen molar-refractivity contribution in [3.05, 3.63) is 29.6 Å². The molecular formula is C16H23N3O3. The summed E-state index contributed by atoms with van der Waals surface area (Å²) in [5.41, 5.74) is 2.06. The molecule has 1 saturated heterocycles. The SMILES string of the molecule is Cc1cccnc1CCNC(=O)CN1CCCCC(O)C1=O. The molecule has 1 aromatic heterocycles. The second kappa shape index (κ2) is 7.89. The molecule has 1 fully saturated rings. The number of amides is 2. The Balaban J connectivity index is 1.78. The first-order chi connectivity index (χ1) is 10.6. The first-order valence-electron chi connectivity index (χ1n) is 7.72. The van der Waals surface area contributed by atoms with Crippen LogP contribution in [0, 0.1) is 6.92 Å². The number of carbonyl (C=O) groups is 2. The summed E-state index contributed by atoms with van der Waals surface area (Å²) in [6.07, 6.45) is 3.55. The third-order valence-corrected chi connectivity index (χ3v) is 3.89. The molecule has 22 heavy (non-hydrogen) atoms. The molecule has 1 aliphatic rings. The summed E-state index contributed by atoms with van der Waals surface area (Å²) in [4.78, 5) is 29.6. The van der Waals surface area contributed by atoms with Gasteiger partial charge in [0.05, 0.1) is 6.54 Å². The molecule has 6 heteroatoms. The minimum absolute atomic E-state index is 0.0110. The van der Waals surface area contributed by atoms with Crippen LogP contribution in [-0.4, -0.2) is 52.5 Å². The van der Waals surface area contributed by atoms with Gasteiger partial charge in [-0.1, -0.05) is 6.07 Å². The zero-order valence-corrected chi connectivity index (χ0v) is 12.9. The highest BCUT2D eigenvalue weighted by Crippen LogP contribution is 2.11. The van der Waals surface area contributed by atoms with Crippen LogP contribution in [0.4, 0.5) is 0 Å². The Morgan fingerprint density at radius 2 is 2.32 bits per heavy atom. The number of aromatic nitrogens is 1. The second-order valence-corrected chi connectivity index (χ2v) is 5.64. The lowest BCUT2D eigenvalue weighted by Gasteiger charge is -2.21. The second-order valence-electron chi connectivity index (χ2n) is 5.64. The minimum atomic E-state index is -0.966. The quantitative estimate of drug-likeness (QED) is 0.826. The average molecular weight is 305 g/mol. The van der Waals surface area contributed by atoms with Crippen molar-refractivity contribution in [3.8, 4) is 0 Å². The van der Waals surface area contributed by atoms with Crippen molar-refractivity contribution >= 4 is 11.8 Å². The van der Waals surface area contributed by atoms with E-state index in [2.05, 4.69) is 10.3 Å². The van der Waals surface area contributed by atoms with Crippen molar-refractivity contribution in [2.45, 2.75) is 38.7 Å². The zero-order valence-electron chi connectivity index (χ0n) is 12.9. The standard InChI is InChI=1S/C16H23N3O3/c1-12-5-4-8-17-13(12)7-9-18-15(21)11-19-10-3-2-6-14(20)16(19)22/h4-5,8,14,20H,2-3,6-7,9-11H2,1H3,(H,18,21). The summed E-state index contributed by atoms with van der Waals surface area (Å²) >= 11 is 0. The molecule has 2 rings (SSSR count). The summed E-state index contributed by atoms with van der Waals surface area (Å²) < 4.78 is 0. The number of aliphatic hydroxyl groups excluding tert-OH is 1. The van der Waals surface area contributed by atoms with Gasteiger partial charge in [0, 0.05) is 31.4 Å². The van der Waals surface area contributed by atoms with Crippen LogP contribution in [0.2, 0.25) is 0 Å². The van der Waals surface area contributed by atoms with Gasteiger partial charge in [0.1, 0.15) is 6.10 Å². The van der Waals surface area contributed by atoms with Gasteiger partial charge in [0.15, 0.2) is 0 Å². The highest BCUT2D eigenvalue weighted by Gasteiger charge is 2.26. The Kier molecular flexibility index (Phi) is 5.89. The molecule has 6 nitrogen and oxygen atoms in total. The van der Waals surface area contributed by atoms with Gasteiger partial charge in [0.2, 0.25) is 5.91 Å². The topological polar surface area (TPSA) is 82.5 Å². The molecule has 1 aliphatic heterocycles. The first kappa shape index (κ1) is 16.4. The highest BCUT2D eigenvalue weighted by atomic mass is 16.3. The van der Waals surface area contributed by atoms with E-state index in [9.17, 15) is 14.7 Å². The Morgan fingerprint density at radius 1 is 1.50 bits per heavy atom. The molecule has 1 unspecified atom stereocenters. The van der Waals surface area contributed by atoms with E-state index in [1.807, 2.05) is 19.1 Å². The number of pyridine rings is 1. The maximum absolute atomic E-state index is 11.9. The van der Waals surface area contributed by atoms with Crippen molar-refractivity contribution < 1.29 is 14.7 Å². The van der Waals surface area contributed by atoms with Gasteiger partial charge in [-0.05, 0) is 37.8 Å². The third-order valence-electron chi connectivity index (χ3n) is 3.89. The van der Waals surface area contributed by atoms with E-state index in [1.165, 1.54) is 4.90 Å². The number of hydrogen-bond acceptors (Lipinski definition) is 4. The van der Waals surface area contributed by atoms with Gasteiger partial charge in [-0.3, -0.25) is 14.6 Å². The Bertz CT molecular complexity index is 533. The zero-order chi connectivity index (χ0) is 15.9. The normalized spacial score (nSPS) is 18.9. The molecule has 0 bridgehead atoms. The highest BCUT2D eigenvalue weighted by molar-refractivity contribution is 5.87. The lowest BCUT2D eigenvalue weighted by Crippen LogP contribution is -2.44. The summed E-state index contributed by atoms with van der Waals surface area (Å²) in [7, 11) is 0. The van der Waals surface area contributed by atoms with Crippen molar-refractivity contribution in [2.75, 3.05) is 19.6 Å². The molecule has 0 saturated carbocycles. The largest absolute Gasteiger partial charge is 0.383 e. The first-order valence-corrected chi connectivity index (χ1v) is 7.72. The molecule has 1 atom stereocenters. The molecular weight excluding hydrogens is 282 g/mol. The van der Waals surface area contributed by atoms with Crippen LogP contribution < -0.4 is 5.32 Å². The van der Waals surface area contributed by atoms with Gasteiger partial charge in [-0.25, -0.2) is 0 Å². The molecule has 0 spiro atoms. The van der Waals surface area contributed by atoms with E-state index in [4.69, 9.17) is 0 Å². The number of rotatable bonds is 5. The molecule has 2 N–H and O–H groups in total. The van der Waals surface area contributed by atoms with Gasteiger partial charge < -0.3 is 15.3 Å². The third kappa shape index (κ3) is 4.53. The lowest BCUT2D eigenvalue weighted by atomic mass is 10.1. The van der Waals surface area contributed by atoms with Gasteiger partial charge in [0.25, 0.3) is 5.91 Å². The fraction of sp³-hybridized carbons (Fsp3) is 0.562. The van der Waals surface area contributed by atoms with Crippen LogP contribution in [0.15, 0.2) is 18.3 Å². The van der Waals surface area contributed by atoms with Crippen molar-refractivity contribution in [1.82, 2.24) is 15.2 Å². The average Bonchev–Trinajstić information content (AvgIpc) is 2.65. The minimum Gasteiger partial charge on any atom is -0.383 e. The van der Waals surface area contributed by atoms with Gasteiger partial charge >= 0.3 is 0 Å². The number of aliphatic hydroxyl groups is 1. The van der Waals surface area contributed by atoms with Crippen LogP contribution in [0.25, 0.3) is 0 Å². The summed E-state index contributed by atoms with van der Waals surface area (Å²) in [6, 6.07) is 3.87. The van der Waals surface area contributed by atoms with E-state index in [0.29, 0.717) is 25.9 Å². The van der Waals surface area contributed by atoms with Crippen molar-refractivity contribution in [3.63, 3.8) is 0 Å². The van der Waals surface area contributed by atoms with E-state index >= 15 is 0 Å².